The van der Waals surface area contributed by atoms with Crippen molar-refractivity contribution in [1.82, 2.24) is 19.7 Å². The van der Waals surface area contributed by atoms with Gasteiger partial charge >= 0.3 is 6.18 Å². The van der Waals surface area contributed by atoms with Gasteiger partial charge in [-0.3, -0.25) is 19.9 Å². The third-order valence-corrected chi connectivity index (χ3v) is 5.97. The molecule has 0 fully saturated rings. The molecule has 0 spiro atoms. The molecular weight excluding hydrogens is 525 g/mol. The van der Waals surface area contributed by atoms with E-state index < -0.39 is 23.2 Å². The fourth-order valence-corrected chi connectivity index (χ4v) is 3.91. The molecule has 0 unspecified atom stereocenters. The van der Waals surface area contributed by atoms with Crippen molar-refractivity contribution in [2.24, 2.45) is 7.05 Å². The van der Waals surface area contributed by atoms with Crippen LogP contribution < -0.4 is 20.3 Å². The number of hydrogen-bond donors (Lipinski definition) is 1. The van der Waals surface area contributed by atoms with Crippen molar-refractivity contribution in [1.29, 1.82) is 5.26 Å². The number of nitriles is 1. The Labute approximate surface area is 216 Å². The number of nitrogens with one attached hydrogen (secondary N) is 1. The molecule has 0 aliphatic carbocycles. The van der Waals surface area contributed by atoms with Crippen LogP contribution >= 0.6 is 11.3 Å². The van der Waals surface area contributed by atoms with Crippen molar-refractivity contribution in [2.45, 2.75) is 12.8 Å². The van der Waals surface area contributed by atoms with E-state index >= 15 is 0 Å². The Bertz CT molecular complexity index is 1590. The van der Waals surface area contributed by atoms with Gasteiger partial charge in [0.25, 0.3) is 16.7 Å². The summed E-state index contributed by atoms with van der Waals surface area (Å²) in [5, 5.41) is 19.1. The zero-order valence-electron chi connectivity index (χ0n) is 19.7. The molecule has 4 rings (SSSR count). The Hall–Kier alpha value is -4.77. The number of hydrogen-bond acceptors (Lipinski definition) is 9. The van der Waals surface area contributed by atoms with E-state index in [1.807, 2.05) is 6.07 Å². The Kier molecular flexibility index (Phi) is 7.40. The highest BCUT2D eigenvalue weighted by Crippen LogP contribution is 2.38. The second-order valence-electron chi connectivity index (χ2n) is 7.73. The molecule has 0 bridgehead atoms. The van der Waals surface area contributed by atoms with E-state index in [4.69, 9.17) is 14.7 Å². The van der Waals surface area contributed by atoms with Crippen LogP contribution in [0, 0.1) is 11.3 Å². The third kappa shape index (κ3) is 5.79. The van der Waals surface area contributed by atoms with Gasteiger partial charge in [-0.25, -0.2) is 0 Å². The molecule has 0 aliphatic heterocycles. The first-order valence-electron chi connectivity index (χ1n) is 10.7. The highest BCUT2D eigenvalue weighted by Gasteiger charge is 2.32. The normalized spacial score (nSPS) is 11.1. The van der Waals surface area contributed by atoms with Gasteiger partial charge in [0.2, 0.25) is 5.13 Å². The first-order chi connectivity index (χ1) is 18.1. The van der Waals surface area contributed by atoms with Gasteiger partial charge in [0.1, 0.15) is 18.4 Å². The summed E-state index contributed by atoms with van der Waals surface area (Å²) in [4.78, 5) is 29.5. The summed E-state index contributed by atoms with van der Waals surface area (Å²) >= 11 is 0.892. The summed E-state index contributed by atoms with van der Waals surface area (Å²) in [6, 6.07) is 9.02. The number of benzene rings is 1. The first kappa shape index (κ1) is 26.3. The fraction of sp³-hybridized carbons (Fsp3) is 0.167. The van der Waals surface area contributed by atoms with E-state index in [2.05, 4.69) is 20.5 Å². The van der Waals surface area contributed by atoms with Crippen LogP contribution in [0.25, 0.3) is 11.1 Å². The SMILES string of the molecule is COc1ccc(C(F)(F)F)cc1-c1cn(C)c(=O)cc1C(=O)Nc1nnc(OCc2ccc(C#N)cn2)s1. The first-order valence-corrected chi connectivity index (χ1v) is 11.5. The number of aryl methyl sites for hydroxylation is 1. The average molecular weight is 542 g/mol. The van der Waals surface area contributed by atoms with Crippen LogP contribution in [-0.2, 0) is 19.8 Å². The van der Waals surface area contributed by atoms with E-state index in [0.717, 1.165) is 40.2 Å². The number of halogens is 3. The zero-order valence-corrected chi connectivity index (χ0v) is 20.6. The summed E-state index contributed by atoms with van der Waals surface area (Å²) in [7, 11) is 2.69. The minimum atomic E-state index is -4.64. The summed E-state index contributed by atoms with van der Waals surface area (Å²) in [5.41, 5.74) is -0.751. The maximum atomic E-state index is 13.4. The predicted molar refractivity (Wildman–Crippen MR) is 130 cm³/mol. The zero-order chi connectivity index (χ0) is 27.4. The van der Waals surface area contributed by atoms with Crippen LogP contribution in [0.1, 0.15) is 27.2 Å². The quantitative estimate of drug-likeness (QED) is 0.370. The molecule has 0 aliphatic rings. The second-order valence-corrected chi connectivity index (χ2v) is 8.67. The summed E-state index contributed by atoms with van der Waals surface area (Å²) in [6.07, 6.45) is -1.99. The van der Waals surface area contributed by atoms with Gasteiger partial charge in [-0.2, -0.15) is 18.4 Å². The predicted octanol–water partition coefficient (Wildman–Crippen LogP) is 4.03. The van der Waals surface area contributed by atoms with E-state index in [1.165, 1.54) is 26.6 Å². The molecule has 0 saturated heterocycles. The lowest BCUT2D eigenvalue weighted by atomic mass is 9.98. The van der Waals surface area contributed by atoms with Crippen molar-refractivity contribution in [2.75, 3.05) is 12.4 Å². The number of rotatable bonds is 7. The molecule has 0 saturated carbocycles. The van der Waals surface area contributed by atoms with Crippen LogP contribution in [0.4, 0.5) is 18.3 Å². The van der Waals surface area contributed by atoms with Crippen molar-refractivity contribution >= 4 is 22.4 Å². The van der Waals surface area contributed by atoms with Crippen molar-refractivity contribution in [3.8, 4) is 28.1 Å². The van der Waals surface area contributed by atoms with Crippen molar-refractivity contribution in [3.63, 3.8) is 0 Å². The molecule has 3 heterocycles. The lowest BCUT2D eigenvalue weighted by Gasteiger charge is -2.16. The highest BCUT2D eigenvalue weighted by molar-refractivity contribution is 7.17. The number of methoxy groups -OCH3 is 1. The van der Waals surface area contributed by atoms with Crippen molar-refractivity contribution < 1.29 is 27.4 Å². The van der Waals surface area contributed by atoms with Crippen LogP contribution in [0.2, 0.25) is 0 Å². The Morgan fingerprint density at radius 3 is 2.63 bits per heavy atom. The molecule has 1 amide bonds. The highest BCUT2D eigenvalue weighted by atomic mass is 32.1. The van der Waals surface area contributed by atoms with Gasteiger partial charge in [-0.1, -0.05) is 5.10 Å². The minimum Gasteiger partial charge on any atom is -0.496 e. The number of amides is 1. The topological polar surface area (TPSA) is 132 Å². The molecular formula is C24H17F3N6O4S. The Morgan fingerprint density at radius 1 is 1.18 bits per heavy atom. The molecule has 10 nitrogen and oxygen atoms in total. The maximum Gasteiger partial charge on any atom is 0.416 e. The van der Waals surface area contributed by atoms with Gasteiger partial charge in [0.05, 0.1) is 29.5 Å². The molecule has 3 aromatic heterocycles. The van der Waals surface area contributed by atoms with E-state index in [-0.39, 0.29) is 39.4 Å². The number of nitrogens with zero attached hydrogens (tertiary/aromatic N) is 5. The van der Waals surface area contributed by atoms with Gasteiger partial charge in [0.15, 0.2) is 0 Å². The maximum absolute atomic E-state index is 13.4. The smallest absolute Gasteiger partial charge is 0.416 e. The van der Waals surface area contributed by atoms with Gasteiger partial charge < -0.3 is 14.0 Å². The minimum absolute atomic E-state index is 0.0282. The van der Waals surface area contributed by atoms with Crippen LogP contribution in [0.15, 0.2) is 53.6 Å². The van der Waals surface area contributed by atoms with Crippen LogP contribution in [-0.4, -0.2) is 32.8 Å². The molecule has 38 heavy (non-hydrogen) atoms. The molecule has 194 valence electrons. The van der Waals surface area contributed by atoms with Crippen molar-refractivity contribution in [3.05, 3.63) is 81.5 Å². The number of pyridine rings is 2. The fourth-order valence-electron chi connectivity index (χ4n) is 3.32. The van der Waals surface area contributed by atoms with Crippen LogP contribution in [0.5, 0.6) is 10.9 Å². The van der Waals surface area contributed by atoms with Gasteiger partial charge in [-0.05, 0) is 41.7 Å². The molecule has 0 atom stereocenters. The third-order valence-electron chi connectivity index (χ3n) is 5.21. The number of carbonyl (C=O) groups excluding carboxylic acids is 1. The number of carbonyl (C=O) groups is 1. The number of anilines is 1. The van der Waals surface area contributed by atoms with E-state index in [0.29, 0.717) is 11.3 Å². The number of aromatic nitrogens is 4. The number of alkyl halides is 3. The van der Waals surface area contributed by atoms with Gasteiger partial charge in [-0.15, -0.1) is 5.10 Å². The molecule has 4 aromatic rings. The van der Waals surface area contributed by atoms with Gasteiger partial charge in [0, 0.05) is 36.6 Å². The lowest BCUT2D eigenvalue weighted by molar-refractivity contribution is -0.137. The Morgan fingerprint density at radius 2 is 1.97 bits per heavy atom. The largest absolute Gasteiger partial charge is 0.496 e. The number of ether oxygens (including phenoxy) is 2. The van der Waals surface area contributed by atoms with E-state index in [9.17, 15) is 22.8 Å². The standard InChI is InChI=1S/C24H17F3N6O4S/c1-33-11-18(16-7-14(24(25,26)27)4-6-19(16)36-2)17(8-20(33)34)21(35)30-22-31-32-23(38-22)37-12-15-5-3-13(9-28)10-29-15/h3-8,10-11H,12H2,1-2H3,(H,30,31,35). The molecule has 1 aromatic carbocycles. The monoisotopic (exact) mass is 542 g/mol. The summed E-state index contributed by atoms with van der Waals surface area (Å²) < 4.78 is 52.1. The average Bonchev–Trinajstić information content (AvgIpc) is 3.35. The second kappa shape index (κ2) is 10.7. The Balaban J connectivity index is 1.60. The molecule has 14 heteroatoms. The van der Waals surface area contributed by atoms with Crippen LogP contribution in [0.3, 0.4) is 0 Å². The van der Waals surface area contributed by atoms with E-state index in [1.54, 1.807) is 12.1 Å². The molecule has 1 N–H and O–H groups in total. The lowest BCUT2D eigenvalue weighted by Crippen LogP contribution is -2.22. The molecule has 0 radical (unpaired) electrons. The summed E-state index contributed by atoms with van der Waals surface area (Å²) in [6.45, 7) is 0.0303. The summed E-state index contributed by atoms with van der Waals surface area (Å²) in [5.74, 6) is -0.720.